The summed E-state index contributed by atoms with van der Waals surface area (Å²) in [6.45, 7) is 0. The molecule has 0 aliphatic carbocycles. The van der Waals surface area contributed by atoms with Crippen molar-refractivity contribution in [3.05, 3.63) is 59.9 Å². The molecule has 0 aliphatic rings. The SMILES string of the molecule is O=C(Cc1coc(Oc2ccccc2C(F)(F)F)c1)C(=O)c1ncn[nH]1. The fourth-order valence-electron chi connectivity index (χ4n) is 2.11. The zero-order chi connectivity index (χ0) is 18.7. The van der Waals surface area contributed by atoms with Crippen LogP contribution in [0.5, 0.6) is 11.7 Å². The third-order valence-corrected chi connectivity index (χ3v) is 3.28. The van der Waals surface area contributed by atoms with E-state index in [0.717, 1.165) is 24.7 Å². The van der Waals surface area contributed by atoms with E-state index in [9.17, 15) is 22.8 Å². The minimum atomic E-state index is -4.59. The highest BCUT2D eigenvalue weighted by Gasteiger charge is 2.34. The topological polar surface area (TPSA) is 98.1 Å². The molecule has 0 aliphatic heterocycles. The Morgan fingerprint density at radius 1 is 1.23 bits per heavy atom. The Morgan fingerprint density at radius 2 is 2.00 bits per heavy atom. The van der Waals surface area contributed by atoms with Crippen LogP contribution in [0.15, 0.2) is 47.3 Å². The number of furan rings is 1. The van der Waals surface area contributed by atoms with Crippen LogP contribution in [0.4, 0.5) is 13.2 Å². The summed E-state index contributed by atoms with van der Waals surface area (Å²) >= 11 is 0. The number of nitrogens with one attached hydrogen (secondary N) is 1. The molecule has 134 valence electrons. The highest BCUT2D eigenvalue weighted by atomic mass is 19.4. The number of aromatic nitrogens is 3. The van der Waals surface area contributed by atoms with E-state index in [1.807, 2.05) is 0 Å². The van der Waals surface area contributed by atoms with Crippen LogP contribution in [0.3, 0.4) is 0 Å². The Bertz CT molecular complexity index is 932. The quantitative estimate of drug-likeness (QED) is 0.532. The van der Waals surface area contributed by atoms with Gasteiger partial charge in [0.1, 0.15) is 12.1 Å². The van der Waals surface area contributed by atoms with Crippen molar-refractivity contribution in [2.24, 2.45) is 0 Å². The lowest BCUT2D eigenvalue weighted by Crippen LogP contribution is -2.17. The van der Waals surface area contributed by atoms with Crippen LogP contribution in [-0.2, 0) is 17.4 Å². The number of carbonyl (C=O) groups excluding carboxylic acids is 2. The molecule has 0 saturated carbocycles. The van der Waals surface area contributed by atoms with Gasteiger partial charge in [-0.15, -0.1) is 0 Å². The van der Waals surface area contributed by atoms with Gasteiger partial charge in [0.25, 0.3) is 11.7 Å². The number of ketones is 2. The molecule has 3 rings (SSSR count). The summed E-state index contributed by atoms with van der Waals surface area (Å²) < 4.78 is 49.0. The molecule has 1 aromatic carbocycles. The van der Waals surface area contributed by atoms with Crippen molar-refractivity contribution in [1.82, 2.24) is 15.2 Å². The first-order chi connectivity index (χ1) is 12.3. The molecule has 2 heterocycles. The predicted molar refractivity (Wildman–Crippen MR) is 79.7 cm³/mol. The minimum absolute atomic E-state index is 0.200. The summed E-state index contributed by atoms with van der Waals surface area (Å²) in [5.41, 5.74) is -0.697. The summed E-state index contributed by atoms with van der Waals surface area (Å²) in [7, 11) is 0. The van der Waals surface area contributed by atoms with Crippen molar-refractivity contribution in [3.8, 4) is 11.7 Å². The molecule has 7 nitrogen and oxygen atoms in total. The first kappa shape index (κ1) is 17.4. The van der Waals surface area contributed by atoms with Gasteiger partial charge in [0.2, 0.25) is 5.78 Å². The highest BCUT2D eigenvalue weighted by molar-refractivity contribution is 6.43. The van der Waals surface area contributed by atoms with Crippen molar-refractivity contribution in [2.45, 2.75) is 12.6 Å². The van der Waals surface area contributed by atoms with Crippen molar-refractivity contribution in [3.63, 3.8) is 0 Å². The van der Waals surface area contributed by atoms with Crippen molar-refractivity contribution in [2.75, 3.05) is 0 Å². The Hall–Kier alpha value is -3.43. The average Bonchev–Trinajstić information content (AvgIpc) is 3.26. The molecule has 26 heavy (non-hydrogen) atoms. The summed E-state index contributed by atoms with van der Waals surface area (Å²) in [6, 6.07) is 5.87. The monoisotopic (exact) mass is 365 g/mol. The number of nitrogens with zero attached hydrogens (tertiary/aromatic N) is 2. The molecule has 0 bridgehead atoms. The molecule has 0 atom stereocenters. The predicted octanol–water partition coefficient (Wildman–Crippen LogP) is 3.20. The molecule has 2 aromatic heterocycles. The Balaban J connectivity index is 1.71. The number of para-hydroxylation sites is 1. The highest BCUT2D eigenvalue weighted by Crippen LogP contribution is 2.38. The summed E-state index contributed by atoms with van der Waals surface area (Å²) in [5.74, 6) is -2.53. The van der Waals surface area contributed by atoms with Crippen LogP contribution in [0, 0.1) is 0 Å². The first-order valence-electron chi connectivity index (χ1n) is 7.19. The van der Waals surface area contributed by atoms with Gasteiger partial charge in [-0.3, -0.25) is 14.7 Å². The average molecular weight is 365 g/mol. The second-order valence-electron chi connectivity index (χ2n) is 5.13. The minimum Gasteiger partial charge on any atom is -0.434 e. The molecule has 0 fully saturated rings. The lowest BCUT2D eigenvalue weighted by molar-refractivity contribution is -0.138. The van der Waals surface area contributed by atoms with Crippen LogP contribution in [-0.4, -0.2) is 26.7 Å². The Morgan fingerprint density at radius 3 is 2.69 bits per heavy atom. The zero-order valence-corrected chi connectivity index (χ0v) is 12.9. The van der Waals surface area contributed by atoms with Crippen LogP contribution in [0.25, 0.3) is 0 Å². The molecule has 0 unspecified atom stereocenters. The van der Waals surface area contributed by atoms with E-state index in [1.165, 1.54) is 18.2 Å². The van der Waals surface area contributed by atoms with Crippen molar-refractivity contribution in [1.29, 1.82) is 0 Å². The summed E-state index contributed by atoms with van der Waals surface area (Å²) in [6.07, 6.45) is -2.71. The smallest absolute Gasteiger partial charge is 0.419 e. The molecular weight excluding hydrogens is 355 g/mol. The number of aromatic amines is 1. The van der Waals surface area contributed by atoms with E-state index in [-0.39, 0.29) is 23.8 Å². The fraction of sp³-hybridized carbons (Fsp3) is 0.125. The van der Waals surface area contributed by atoms with E-state index in [4.69, 9.17) is 9.15 Å². The van der Waals surface area contributed by atoms with Gasteiger partial charge in [0.15, 0.2) is 5.82 Å². The van der Waals surface area contributed by atoms with Crippen LogP contribution in [0.1, 0.15) is 21.7 Å². The standard InChI is InChI=1S/C16H10F3N3O4/c17-16(18,19)10-3-1-2-4-12(10)26-13-6-9(7-25-13)5-11(23)14(24)15-20-8-21-22-15/h1-4,6-8H,5H2,(H,20,21,22). The van der Waals surface area contributed by atoms with E-state index >= 15 is 0 Å². The Labute approximate surface area is 143 Å². The number of rotatable bonds is 6. The first-order valence-corrected chi connectivity index (χ1v) is 7.19. The largest absolute Gasteiger partial charge is 0.434 e. The van der Waals surface area contributed by atoms with E-state index in [2.05, 4.69) is 15.2 Å². The van der Waals surface area contributed by atoms with Gasteiger partial charge in [-0.2, -0.15) is 18.3 Å². The number of H-pyrrole nitrogens is 1. The van der Waals surface area contributed by atoms with Crippen molar-refractivity contribution >= 4 is 11.6 Å². The molecular formula is C16H10F3N3O4. The number of halogens is 3. The lowest BCUT2D eigenvalue weighted by Gasteiger charge is -2.11. The van der Waals surface area contributed by atoms with Gasteiger partial charge in [-0.25, -0.2) is 4.98 Å². The molecule has 1 N–H and O–H groups in total. The van der Waals surface area contributed by atoms with Gasteiger partial charge in [0, 0.05) is 18.1 Å². The fourth-order valence-corrected chi connectivity index (χ4v) is 2.11. The molecule has 0 amide bonds. The van der Waals surface area contributed by atoms with E-state index in [1.54, 1.807) is 0 Å². The number of alkyl halides is 3. The number of carbonyl (C=O) groups is 2. The third-order valence-electron chi connectivity index (χ3n) is 3.28. The zero-order valence-electron chi connectivity index (χ0n) is 12.9. The van der Waals surface area contributed by atoms with Gasteiger partial charge < -0.3 is 9.15 Å². The maximum absolute atomic E-state index is 12.9. The van der Waals surface area contributed by atoms with Crippen LogP contribution in [0.2, 0.25) is 0 Å². The molecule has 3 aromatic rings. The van der Waals surface area contributed by atoms with E-state index < -0.39 is 29.1 Å². The molecule has 0 saturated heterocycles. The third kappa shape index (κ3) is 3.79. The van der Waals surface area contributed by atoms with Gasteiger partial charge >= 0.3 is 6.18 Å². The lowest BCUT2D eigenvalue weighted by atomic mass is 10.1. The number of hydrogen-bond donors (Lipinski definition) is 1. The normalized spacial score (nSPS) is 11.3. The van der Waals surface area contributed by atoms with E-state index in [0.29, 0.717) is 0 Å². The van der Waals surface area contributed by atoms with Gasteiger partial charge in [-0.05, 0) is 12.1 Å². The summed E-state index contributed by atoms with van der Waals surface area (Å²) in [4.78, 5) is 27.3. The van der Waals surface area contributed by atoms with Gasteiger partial charge in [-0.1, -0.05) is 12.1 Å². The Kier molecular flexibility index (Phi) is 4.57. The molecule has 0 radical (unpaired) electrons. The summed E-state index contributed by atoms with van der Waals surface area (Å²) in [5, 5.41) is 5.75. The second kappa shape index (κ2) is 6.82. The van der Waals surface area contributed by atoms with Gasteiger partial charge in [0.05, 0.1) is 11.8 Å². The maximum Gasteiger partial charge on any atom is 0.419 e. The maximum atomic E-state index is 12.9. The van der Waals surface area contributed by atoms with Crippen molar-refractivity contribution < 1.29 is 31.9 Å². The van der Waals surface area contributed by atoms with Crippen LogP contribution >= 0.6 is 0 Å². The number of hydrogen-bond acceptors (Lipinski definition) is 6. The molecule has 0 spiro atoms. The number of Topliss-reactive ketones (excluding diaryl/α,β-unsaturated/α-hetero) is 2. The number of benzene rings is 1. The molecule has 10 heteroatoms. The van der Waals surface area contributed by atoms with Crippen LogP contribution < -0.4 is 4.74 Å². The second-order valence-corrected chi connectivity index (χ2v) is 5.13. The number of ether oxygens (including phenoxy) is 1.